The Labute approximate surface area is 203 Å². The Balaban J connectivity index is 1.40. The number of methoxy groups -OCH3 is 1. The predicted octanol–water partition coefficient (Wildman–Crippen LogP) is 4.37. The molecule has 1 fully saturated rings. The minimum atomic E-state index is -1.38. The lowest BCUT2D eigenvalue weighted by Gasteiger charge is -2.27. The molecule has 5 aromatic rings. The molecular weight excluding hydrogens is 464 g/mol. The Bertz CT molecular complexity index is 1620. The molecule has 1 saturated heterocycles. The second-order valence-corrected chi connectivity index (χ2v) is 9.35. The first-order chi connectivity index (χ1) is 17.0. The molecule has 9 heteroatoms. The number of imide groups is 1. The number of ether oxygens (including phenoxy) is 1. The summed E-state index contributed by atoms with van der Waals surface area (Å²) in [4.78, 5) is 29.6. The van der Waals surface area contributed by atoms with Crippen molar-refractivity contribution >= 4 is 44.3 Å². The van der Waals surface area contributed by atoms with Crippen molar-refractivity contribution in [2.24, 2.45) is 0 Å². The van der Waals surface area contributed by atoms with Crippen molar-refractivity contribution in [1.29, 1.82) is 0 Å². The maximum atomic E-state index is 13.1. The number of nitrogens with one attached hydrogen (secondary N) is 2. The molecule has 3 heterocycles. The van der Waals surface area contributed by atoms with E-state index in [2.05, 4.69) is 21.7 Å². The molecule has 35 heavy (non-hydrogen) atoms. The number of hydrogen-bond acceptors (Lipinski definition) is 6. The first-order valence-corrected chi connectivity index (χ1v) is 11.8. The molecule has 1 aliphatic heterocycles. The van der Waals surface area contributed by atoms with Gasteiger partial charge in [0.25, 0.3) is 5.91 Å². The molecule has 3 amide bonds. The zero-order valence-electron chi connectivity index (χ0n) is 18.6. The summed E-state index contributed by atoms with van der Waals surface area (Å²) < 4.78 is 7.93. The number of urea groups is 1. The van der Waals surface area contributed by atoms with Gasteiger partial charge in [0.2, 0.25) is 0 Å². The zero-order valence-corrected chi connectivity index (χ0v) is 19.4. The van der Waals surface area contributed by atoms with Gasteiger partial charge in [-0.3, -0.25) is 10.1 Å². The first-order valence-electron chi connectivity index (χ1n) is 10.9. The summed E-state index contributed by atoms with van der Waals surface area (Å²) in [7, 11) is 1.56. The molecule has 174 valence electrons. The van der Waals surface area contributed by atoms with E-state index in [1.54, 1.807) is 41.3 Å². The van der Waals surface area contributed by atoms with Crippen LogP contribution in [0.2, 0.25) is 0 Å². The van der Waals surface area contributed by atoms with E-state index >= 15 is 0 Å². The van der Waals surface area contributed by atoms with Gasteiger partial charge in [0, 0.05) is 17.0 Å². The summed E-state index contributed by atoms with van der Waals surface area (Å²) >= 11 is 1.58. The van der Waals surface area contributed by atoms with E-state index in [-0.39, 0.29) is 12.4 Å². The fourth-order valence-corrected chi connectivity index (χ4v) is 5.32. The summed E-state index contributed by atoms with van der Waals surface area (Å²) in [5.74, 6) is 0.122. The molecule has 3 N–H and O–H groups in total. The average molecular weight is 485 g/mol. The molecule has 8 nitrogen and oxygen atoms in total. The van der Waals surface area contributed by atoms with Crippen molar-refractivity contribution in [1.82, 2.24) is 20.2 Å². The summed E-state index contributed by atoms with van der Waals surface area (Å²) in [6.07, 6.45) is 1.75. The monoisotopic (exact) mass is 484 g/mol. The second-order valence-electron chi connectivity index (χ2n) is 8.46. The van der Waals surface area contributed by atoms with Crippen molar-refractivity contribution < 1.29 is 19.4 Å². The highest BCUT2D eigenvalue weighted by Crippen LogP contribution is 2.36. The molecule has 1 atom stereocenters. The zero-order chi connectivity index (χ0) is 24.2. The number of hydrogen-bond donors (Lipinski definition) is 3. The van der Waals surface area contributed by atoms with Crippen LogP contribution in [-0.4, -0.2) is 33.7 Å². The van der Waals surface area contributed by atoms with Crippen LogP contribution < -0.4 is 15.4 Å². The number of nitrogens with zero attached hydrogens (tertiary/aromatic N) is 2. The third-order valence-electron chi connectivity index (χ3n) is 6.46. The Morgan fingerprint density at radius 2 is 1.86 bits per heavy atom. The van der Waals surface area contributed by atoms with Crippen LogP contribution >= 0.6 is 11.3 Å². The van der Waals surface area contributed by atoms with E-state index in [1.165, 1.54) is 0 Å². The van der Waals surface area contributed by atoms with Crippen LogP contribution in [0.15, 0.2) is 72.4 Å². The van der Waals surface area contributed by atoms with Gasteiger partial charge in [-0.1, -0.05) is 30.3 Å². The van der Waals surface area contributed by atoms with Crippen LogP contribution in [0.4, 0.5) is 4.79 Å². The SMILES string of the molecule is COc1ccc2cn(C[C@@]3(c4ccc(-c5ccc6ncsc6c5)cc4)NC(=O)NC3=O)c(O)c2c1. The van der Waals surface area contributed by atoms with Crippen molar-refractivity contribution in [3.8, 4) is 22.8 Å². The molecule has 0 aliphatic carbocycles. The van der Waals surface area contributed by atoms with Gasteiger partial charge in [-0.2, -0.15) is 0 Å². The Hall–Kier alpha value is -4.37. The van der Waals surface area contributed by atoms with Crippen molar-refractivity contribution in [3.05, 3.63) is 77.9 Å². The van der Waals surface area contributed by atoms with Gasteiger partial charge >= 0.3 is 6.03 Å². The third kappa shape index (κ3) is 3.39. The number of rotatable bonds is 5. The molecule has 0 saturated carbocycles. The van der Waals surface area contributed by atoms with E-state index < -0.39 is 17.5 Å². The largest absolute Gasteiger partial charge is 0.497 e. The lowest BCUT2D eigenvalue weighted by Crippen LogP contribution is -2.47. The van der Waals surface area contributed by atoms with E-state index in [4.69, 9.17) is 4.74 Å². The number of aromatic hydroxyl groups is 1. The summed E-state index contributed by atoms with van der Waals surface area (Å²) in [6, 6.07) is 18.4. The standard InChI is InChI=1S/C26H20N4O4S/c1-34-19-8-4-17-12-30(23(31)20(17)11-19)13-26(24(32)28-25(33)29-26)18-6-2-15(3-7-18)16-5-9-21-22(10-16)35-14-27-21/h2-12,14,31H,13H2,1H3,(H2,28,29,32,33)/t26-/m0/s1. The van der Waals surface area contributed by atoms with Crippen LogP contribution in [-0.2, 0) is 16.9 Å². The highest BCUT2D eigenvalue weighted by Gasteiger charge is 2.48. The lowest BCUT2D eigenvalue weighted by atomic mass is 9.88. The van der Waals surface area contributed by atoms with Crippen LogP contribution in [0.3, 0.4) is 0 Å². The fraction of sp³-hybridized carbons (Fsp3) is 0.115. The molecular formula is C26H20N4O4S. The number of amides is 3. The van der Waals surface area contributed by atoms with Crippen LogP contribution in [0, 0.1) is 0 Å². The number of aromatic nitrogens is 2. The van der Waals surface area contributed by atoms with Gasteiger partial charge in [-0.25, -0.2) is 9.78 Å². The lowest BCUT2D eigenvalue weighted by molar-refractivity contribution is -0.124. The Morgan fingerprint density at radius 3 is 2.60 bits per heavy atom. The predicted molar refractivity (Wildman–Crippen MR) is 134 cm³/mol. The van der Waals surface area contributed by atoms with Crippen molar-refractivity contribution in [3.63, 3.8) is 0 Å². The number of thiazole rings is 1. The Kier molecular flexibility index (Phi) is 4.75. The van der Waals surface area contributed by atoms with Gasteiger partial charge in [-0.15, -0.1) is 11.3 Å². The van der Waals surface area contributed by atoms with Crippen molar-refractivity contribution in [2.75, 3.05) is 7.11 Å². The van der Waals surface area contributed by atoms with E-state index in [0.717, 1.165) is 26.7 Å². The molecule has 2 aromatic heterocycles. The molecule has 0 spiro atoms. The van der Waals surface area contributed by atoms with Gasteiger partial charge < -0.3 is 19.7 Å². The maximum absolute atomic E-state index is 13.1. The first kappa shape index (κ1) is 21.2. The number of carbonyl (C=O) groups is 2. The smallest absolute Gasteiger partial charge is 0.322 e. The molecule has 6 rings (SSSR count). The summed E-state index contributed by atoms with van der Waals surface area (Å²) in [5.41, 5.74) is 4.01. The molecule has 1 aliphatic rings. The maximum Gasteiger partial charge on any atom is 0.322 e. The van der Waals surface area contributed by atoms with E-state index in [9.17, 15) is 14.7 Å². The highest BCUT2D eigenvalue weighted by molar-refractivity contribution is 7.16. The average Bonchev–Trinajstić information content (AvgIpc) is 3.55. The van der Waals surface area contributed by atoms with Gasteiger partial charge in [0.1, 0.15) is 5.75 Å². The van der Waals surface area contributed by atoms with E-state index in [1.807, 2.05) is 48.0 Å². The van der Waals surface area contributed by atoms with E-state index in [0.29, 0.717) is 16.7 Å². The number of fused-ring (bicyclic) bond motifs is 2. The highest BCUT2D eigenvalue weighted by atomic mass is 32.1. The molecule has 0 bridgehead atoms. The quantitative estimate of drug-likeness (QED) is 0.321. The molecule has 0 radical (unpaired) electrons. The van der Waals surface area contributed by atoms with Gasteiger partial charge in [0.05, 0.1) is 29.4 Å². The van der Waals surface area contributed by atoms with Crippen LogP contribution in [0.1, 0.15) is 5.56 Å². The van der Waals surface area contributed by atoms with Crippen molar-refractivity contribution in [2.45, 2.75) is 12.1 Å². The van der Waals surface area contributed by atoms with Gasteiger partial charge in [0.15, 0.2) is 11.4 Å². The van der Waals surface area contributed by atoms with Crippen LogP contribution in [0.5, 0.6) is 11.6 Å². The second kappa shape index (κ2) is 7.85. The molecule has 3 aromatic carbocycles. The summed E-state index contributed by atoms with van der Waals surface area (Å²) in [6.45, 7) is 0.0135. The minimum absolute atomic E-state index is 0.0123. The summed E-state index contributed by atoms with van der Waals surface area (Å²) in [5, 5.41) is 17.4. The normalized spacial score (nSPS) is 17.6. The molecule has 0 unspecified atom stereocenters. The third-order valence-corrected chi connectivity index (χ3v) is 7.25. The van der Waals surface area contributed by atoms with Crippen LogP contribution in [0.25, 0.3) is 32.1 Å². The number of carbonyl (C=O) groups excluding carboxylic acids is 2. The van der Waals surface area contributed by atoms with Gasteiger partial charge in [-0.05, 0) is 47.0 Å². The Morgan fingerprint density at radius 1 is 1.06 bits per heavy atom. The topological polar surface area (TPSA) is 105 Å². The fourth-order valence-electron chi connectivity index (χ4n) is 4.61. The number of benzene rings is 3. The minimum Gasteiger partial charge on any atom is -0.497 e.